The molecule has 0 bridgehead atoms. The summed E-state index contributed by atoms with van der Waals surface area (Å²) in [4.78, 5) is 30.3. The van der Waals surface area contributed by atoms with Gasteiger partial charge in [0, 0.05) is 31.8 Å². The Balaban J connectivity index is 1.34. The first-order valence-electron chi connectivity index (χ1n) is 9.06. The minimum Gasteiger partial charge on any atom is -0.341 e. The lowest BCUT2D eigenvalue weighted by molar-refractivity contribution is -0.131. The number of aromatic nitrogens is 4. The number of imidazole rings is 1. The van der Waals surface area contributed by atoms with E-state index in [9.17, 15) is 4.79 Å². The van der Waals surface area contributed by atoms with Crippen molar-refractivity contribution in [3.8, 4) is 0 Å². The molecular formula is C19H22N6OS. The number of aryl methyl sites for hydroxylation is 1. The summed E-state index contributed by atoms with van der Waals surface area (Å²) in [6, 6.07) is 8.56. The van der Waals surface area contributed by atoms with Gasteiger partial charge in [0.15, 0.2) is 5.65 Å². The van der Waals surface area contributed by atoms with Crippen molar-refractivity contribution in [2.24, 2.45) is 0 Å². The zero-order valence-electron chi connectivity index (χ0n) is 15.2. The van der Waals surface area contributed by atoms with Gasteiger partial charge in [0.1, 0.15) is 16.9 Å². The number of aromatic amines is 1. The smallest absolute Gasteiger partial charge is 0.223 e. The first kappa shape index (κ1) is 17.9. The van der Waals surface area contributed by atoms with E-state index < -0.39 is 0 Å². The molecule has 1 fully saturated rings. The molecule has 8 heteroatoms. The fourth-order valence-electron chi connectivity index (χ4n) is 3.41. The molecule has 140 valence electrons. The molecule has 0 aliphatic carbocycles. The van der Waals surface area contributed by atoms with Gasteiger partial charge in [0.05, 0.1) is 12.4 Å². The predicted octanol–water partition coefficient (Wildman–Crippen LogP) is 2.32. The van der Waals surface area contributed by atoms with Crippen molar-refractivity contribution in [1.29, 1.82) is 0 Å². The predicted molar refractivity (Wildman–Crippen MR) is 106 cm³/mol. The first-order valence-corrected chi connectivity index (χ1v) is 10.0. The molecule has 7 nitrogen and oxygen atoms in total. The van der Waals surface area contributed by atoms with Crippen LogP contribution in [0.25, 0.3) is 11.2 Å². The van der Waals surface area contributed by atoms with E-state index in [1.807, 2.05) is 11.0 Å². The number of carbonyl (C=O) groups is 1. The van der Waals surface area contributed by atoms with Crippen molar-refractivity contribution in [2.75, 3.05) is 25.4 Å². The molecule has 1 atom stereocenters. The molecule has 0 saturated carbocycles. The Labute approximate surface area is 162 Å². The third kappa shape index (κ3) is 3.96. The lowest BCUT2D eigenvalue weighted by Gasteiger charge is -2.34. The second-order valence-electron chi connectivity index (χ2n) is 6.58. The maximum atomic E-state index is 12.7. The molecular weight excluding hydrogens is 360 g/mol. The van der Waals surface area contributed by atoms with E-state index in [0.29, 0.717) is 24.4 Å². The second-order valence-corrected chi connectivity index (χ2v) is 7.67. The van der Waals surface area contributed by atoms with Gasteiger partial charge in [-0.15, -0.1) is 11.8 Å². The number of hydrogen-bond acceptors (Lipinski definition) is 6. The van der Waals surface area contributed by atoms with Crippen LogP contribution < -0.4 is 5.32 Å². The molecule has 1 amide bonds. The van der Waals surface area contributed by atoms with Crippen molar-refractivity contribution in [3.63, 3.8) is 0 Å². The number of nitrogens with zero attached hydrogens (tertiary/aromatic N) is 4. The average Bonchev–Trinajstić information content (AvgIpc) is 3.18. The lowest BCUT2D eigenvalue weighted by Crippen LogP contribution is -2.48. The summed E-state index contributed by atoms with van der Waals surface area (Å²) in [5.41, 5.74) is 4.01. The summed E-state index contributed by atoms with van der Waals surface area (Å²) in [5, 5.41) is 4.37. The largest absolute Gasteiger partial charge is 0.341 e. The van der Waals surface area contributed by atoms with Crippen molar-refractivity contribution in [1.82, 2.24) is 30.2 Å². The number of thioether (sulfide) groups is 1. The number of carbonyl (C=O) groups excluding carboxylic acids is 1. The first-order chi connectivity index (χ1) is 13.2. The van der Waals surface area contributed by atoms with E-state index in [1.54, 1.807) is 18.1 Å². The van der Waals surface area contributed by atoms with Crippen LogP contribution in [0.4, 0.5) is 0 Å². The van der Waals surface area contributed by atoms with Gasteiger partial charge in [-0.1, -0.05) is 24.3 Å². The van der Waals surface area contributed by atoms with Gasteiger partial charge in [-0.3, -0.25) is 4.79 Å². The van der Waals surface area contributed by atoms with E-state index in [4.69, 9.17) is 0 Å². The van der Waals surface area contributed by atoms with Crippen LogP contribution in [0.2, 0.25) is 0 Å². The number of amides is 1. The van der Waals surface area contributed by atoms with Crippen molar-refractivity contribution < 1.29 is 4.79 Å². The van der Waals surface area contributed by atoms with Crippen molar-refractivity contribution in [2.45, 2.75) is 24.4 Å². The van der Waals surface area contributed by atoms with Crippen LogP contribution in [-0.4, -0.2) is 56.1 Å². The monoisotopic (exact) mass is 382 g/mol. The number of benzene rings is 1. The van der Waals surface area contributed by atoms with Crippen LogP contribution >= 0.6 is 11.8 Å². The Morgan fingerprint density at radius 2 is 2.19 bits per heavy atom. The molecule has 0 spiro atoms. The quantitative estimate of drug-likeness (QED) is 0.520. The highest BCUT2D eigenvalue weighted by Gasteiger charge is 2.24. The highest BCUT2D eigenvalue weighted by Crippen LogP contribution is 2.24. The summed E-state index contributed by atoms with van der Waals surface area (Å²) in [7, 11) is 0. The van der Waals surface area contributed by atoms with Gasteiger partial charge in [0.25, 0.3) is 0 Å². The zero-order valence-corrected chi connectivity index (χ0v) is 16.0. The van der Waals surface area contributed by atoms with Crippen LogP contribution in [0.15, 0.2) is 41.9 Å². The number of fused-ring (bicyclic) bond motifs is 1. The normalized spacial score (nSPS) is 17.4. The second kappa shape index (κ2) is 8.06. The standard InChI is InChI=1S/C19H22N6OS/c1-13-4-2-3-5-14(13)15-10-25(8-7-20-15)16(26)6-9-27-19-17-18(22-11-21-17)23-12-24-19/h2-5,11-12,15,20H,6-10H2,1H3,(H,21,22,23,24). The zero-order chi connectivity index (χ0) is 18.6. The van der Waals surface area contributed by atoms with Gasteiger partial charge in [0.2, 0.25) is 5.91 Å². The van der Waals surface area contributed by atoms with Crippen LogP contribution in [-0.2, 0) is 4.79 Å². The van der Waals surface area contributed by atoms with Gasteiger partial charge >= 0.3 is 0 Å². The number of piperazine rings is 1. The molecule has 1 unspecified atom stereocenters. The number of rotatable bonds is 5. The molecule has 3 heterocycles. The van der Waals surface area contributed by atoms with Gasteiger partial charge in [-0.25, -0.2) is 15.0 Å². The minimum atomic E-state index is 0.192. The highest BCUT2D eigenvalue weighted by atomic mass is 32.2. The summed E-state index contributed by atoms with van der Waals surface area (Å²) in [5.74, 6) is 0.876. The van der Waals surface area contributed by atoms with Crippen molar-refractivity contribution in [3.05, 3.63) is 48.0 Å². The summed E-state index contributed by atoms with van der Waals surface area (Å²) in [6.07, 6.45) is 3.61. The van der Waals surface area contributed by atoms with E-state index in [2.05, 4.69) is 50.4 Å². The fourth-order valence-corrected chi connectivity index (χ4v) is 4.29. The molecule has 2 aromatic heterocycles. The summed E-state index contributed by atoms with van der Waals surface area (Å²) >= 11 is 1.56. The van der Waals surface area contributed by atoms with Crippen molar-refractivity contribution >= 4 is 28.8 Å². The molecule has 3 aromatic rings. The Morgan fingerprint density at radius 1 is 1.30 bits per heavy atom. The SMILES string of the molecule is Cc1ccccc1C1CN(C(=O)CCSc2ncnc3nc[nH]c23)CCN1. The van der Waals surface area contributed by atoms with E-state index in [1.165, 1.54) is 17.5 Å². The number of nitrogens with one attached hydrogen (secondary N) is 2. The van der Waals surface area contributed by atoms with Gasteiger partial charge < -0.3 is 15.2 Å². The molecule has 1 aliphatic heterocycles. The maximum absolute atomic E-state index is 12.7. The van der Waals surface area contributed by atoms with E-state index in [-0.39, 0.29) is 11.9 Å². The third-order valence-corrected chi connectivity index (χ3v) is 5.83. The Bertz CT molecular complexity index is 943. The molecule has 1 aromatic carbocycles. The number of hydrogen-bond donors (Lipinski definition) is 2. The maximum Gasteiger partial charge on any atom is 0.223 e. The number of H-pyrrole nitrogens is 1. The third-order valence-electron chi connectivity index (χ3n) is 4.83. The molecule has 2 N–H and O–H groups in total. The van der Waals surface area contributed by atoms with E-state index >= 15 is 0 Å². The Hall–Kier alpha value is -2.45. The molecule has 27 heavy (non-hydrogen) atoms. The lowest BCUT2D eigenvalue weighted by atomic mass is 9.99. The summed E-state index contributed by atoms with van der Waals surface area (Å²) in [6.45, 7) is 4.40. The van der Waals surface area contributed by atoms with Crippen LogP contribution in [0.3, 0.4) is 0 Å². The molecule has 0 radical (unpaired) electrons. The topological polar surface area (TPSA) is 86.8 Å². The van der Waals surface area contributed by atoms with Crippen LogP contribution in [0.5, 0.6) is 0 Å². The average molecular weight is 382 g/mol. The van der Waals surface area contributed by atoms with Gasteiger partial charge in [-0.05, 0) is 18.1 Å². The molecule has 1 saturated heterocycles. The Kier molecular flexibility index (Phi) is 5.35. The van der Waals surface area contributed by atoms with Crippen LogP contribution in [0.1, 0.15) is 23.6 Å². The molecule has 1 aliphatic rings. The minimum absolute atomic E-state index is 0.192. The fraction of sp³-hybridized carbons (Fsp3) is 0.368. The Morgan fingerprint density at radius 3 is 3.07 bits per heavy atom. The molecule has 4 rings (SSSR count). The van der Waals surface area contributed by atoms with Gasteiger partial charge in [-0.2, -0.15) is 0 Å². The highest BCUT2D eigenvalue weighted by molar-refractivity contribution is 7.99. The van der Waals surface area contributed by atoms with Crippen LogP contribution in [0, 0.1) is 6.92 Å². The van der Waals surface area contributed by atoms with E-state index in [0.717, 1.165) is 23.6 Å². The summed E-state index contributed by atoms with van der Waals surface area (Å²) < 4.78 is 0.